The maximum atomic E-state index is 4.66. The monoisotopic (exact) mass is 295 g/mol. The molecule has 5 nitrogen and oxygen atoms in total. The molecule has 0 unspecified atom stereocenters. The molecule has 22 heavy (non-hydrogen) atoms. The fourth-order valence-corrected chi connectivity index (χ4v) is 3.15. The van der Waals surface area contributed by atoms with Crippen molar-refractivity contribution in [2.75, 3.05) is 18.1 Å². The average molecular weight is 295 g/mol. The molecule has 0 spiro atoms. The van der Waals surface area contributed by atoms with Crippen molar-refractivity contribution in [2.45, 2.75) is 26.2 Å². The number of aliphatic imine (C=N–C) groups is 1. The van der Waals surface area contributed by atoms with E-state index >= 15 is 0 Å². The Balaban J connectivity index is 1.62. The Hall–Kier alpha value is -2.27. The molecule has 1 saturated heterocycles. The molecular formula is C17H21N5. The Morgan fingerprint density at radius 3 is 2.59 bits per heavy atom. The number of para-hydroxylation sites is 1. The normalized spacial score (nSPS) is 21.3. The molecule has 0 aromatic heterocycles. The topological polar surface area (TPSA) is 34.1 Å². The number of likely N-dealkylation sites (tertiary alicyclic amines) is 1. The van der Waals surface area contributed by atoms with E-state index in [0.717, 1.165) is 30.3 Å². The molecular weight excluding hydrogens is 274 g/mol. The predicted molar refractivity (Wildman–Crippen MR) is 88.6 cm³/mol. The van der Waals surface area contributed by atoms with Gasteiger partial charge >= 0.3 is 0 Å². The largest absolute Gasteiger partial charge is 0.357 e. The molecule has 3 aliphatic rings. The number of fused-ring (bicyclic) bond motifs is 1. The lowest BCUT2D eigenvalue weighted by Gasteiger charge is -2.37. The summed E-state index contributed by atoms with van der Waals surface area (Å²) < 4.78 is 0. The van der Waals surface area contributed by atoms with Gasteiger partial charge in [-0.05, 0) is 38.3 Å². The summed E-state index contributed by atoms with van der Waals surface area (Å²) >= 11 is 0. The Labute approximate surface area is 131 Å². The highest BCUT2D eigenvalue weighted by atomic mass is 15.8. The zero-order chi connectivity index (χ0) is 14.9. The first kappa shape index (κ1) is 13.4. The van der Waals surface area contributed by atoms with Crippen LogP contribution in [0.4, 0.5) is 5.69 Å². The Bertz CT molecular complexity index is 640. The number of benzene rings is 1. The van der Waals surface area contributed by atoms with Crippen molar-refractivity contribution >= 4 is 11.4 Å². The molecule has 0 saturated carbocycles. The van der Waals surface area contributed by atoms with Gasteiger partial charge in [-0.25, -0.2) is 10.0 Å². The fourth-order valence-electron chi connectivity index (χ4n) is 3.15. The molecule has 0 radical (unpaired) electrons. The molecule has 1 fully saturated rings. The van der Waals surface area contributed by atoms with Crippen LogP contribution in [0.15, 0.2) is 59.2 Å². The number of anilines is 1. The lowest BCUT2D eigenvalue weighted by molar-refractivity contribution is 0.181. The van der Waals surface area contributed by atoms with Crippen LogP contribution in [0.3, 0.4) is 0 Å². The minimum atomic E-state index is 0.949. The second kappa shape index (κ2) is 5.50. The third kappa shape index (κ3) is 2.37. The molecule has 114 valence electrons. The summed E-state index contributed by atoms with van der Waals surface area (Å²) in [5.41, 5.74) is 5.60. The minimum absolute atomic E-state index is 0.949. The molecule has 4 rings (SSSR count). The van der Waals surface area contributed by atoms with Gasteiger partial charge in [0.15, 0.2) is 5.82 Å². The molecule has 0 bridgehead atoms. The molecule has 0 atom stereocenters. The van der Waals surface area contributed by atoms with E-state index < -0.39 is 0 Å². The van der Waals surface area contributed by atoms with Crippen molar-refractivity contribution in [3.63, 3.8) is 0 Å². The minimum Gasteiger partial charge on any atom is -0.357 e. The van der Waals surface area contributed by atoms with Gasteiger partial charge in [-0.15, -0.1) is 5.53 Å². The van der Waals surface area contributed by atoms with Crippen LogP contribution >= 0.6 is 0 Å². The van der Waals surface area contributed by atoms with Gasteiger partial charge in [0.25, 0.3) is 0 Å². The van der Waals surface area contributed by atoms with Gasteiger partial charge in [-0.3, -0.25) is 5.01 Å². The third-order valence-corrected chi connectivity index (χ3v) is 4.25. The molecule has 5 heteroatoms. The van der Waals surface area contributed by atoms with Gasteiger partial charge < -0.3 is 4.90 Å². The first-order valence-corrected chi connectivity index (χ1v) is 7.96. The summed E-state index contributed by atoms with van der Waals surface area (Å²) in [5, 5.41) is 4.11. The third-order valence-electron chi connectivity index (χ3n) is 4.25. The Morgan fingerprint density at radius 2 is 1.82 bits per heavy atom. The van der Waals surface area contributed by atoms with E-state index in [0.29, 0.717) is 0 Å². The first-order chi connectivity index (χ1) is 10.8. The van der Waals surface area contributed by atoms with Crippen LogP contribution in [-0.2, 0) is 0 Å². The van der Waals surface area contributed by atoms with Gasteiger partial charge in [0.2, 0.25) is 0 Å². The standard InChI is InChI=1S/C17H21N5/c1-14-12-17(20-10-6-3-7-11-20)22-16(18-14)13-21(19-22)15-8-4-2-5-9-15/h2,4-5,8-9,12-13,19H,3,6-7,10-11H2,1H3. The highest BCUT2D eigenvalue weighted by Crippen LogP contribution is 2.29. The van der Waals surface area contributed by atoms with Crippen molar-refractivity contribution in [1.29, 1.82) is 0 Å². The molecule has 0 amide bonds. The van der Waals surface area contributed by atoms with Crippen LogP contribution in [0, 0.1) is 0 Å². The second-order valence-corrected chi connectivity index (χ2v) is 5.93. The summed E-state index contributed by atoms with van der Waals surface area (Å²) in [5.74, 6) is 2.15. The number of hydrazine groups is 2. The van der Waals surface area contributed by atoms with E-state index in [4.69, 9.17) is 0 Å². The maximum Gasteiger partial charge on any atom is 0.168 e. The zero-order valence-corrected chi connectivity index (χ0v) is 12.9. The number of allylic oxidation sites excluding steroid dienone is 1. The number of rotatable bonds is 2. The SMILES string of the molecule is CC1=NC2=CN(c3ccccc3)NN2C(N2CCCCC2)=C1. The molecule has 1 aromatic rings. The van der Waals surface area contributed by atoms with Crippen molar-refractivity contribution in [2.24, 2.45) is 4.99 Å². The van der Waals surface area contributed by atoms with Gasteiger partial charge in [0, 0.05) is 24.9 Å². The second-order valence-electron chi connectivity index (χ2n) is 5.93. The predicted octanol–water partition coefficient (Wildman–Crippen LogP) is 2.83. The molecule has 1 N–H and O–H groups in total. The summed E-state index contributed by atoms with van der Waals surface area (Å²) in [4.78, 5) is 7.12. The van der Waals surface area contributed by atoms with E-state index in [-0.39, 0.29) is 0 Å². The number of hydrogen-bond acceptors (Lipinski definition) is 5. The zero-order valence-electron chi connectivity index (χ0n) is 12.9. The van der Waals surface area contributed by atoms with Crippen molar-refractivity contribution < 1.29 is 0 Å². The van der Waals surface area contributed by atoms with Crippen LogP contribution in [0.1, 0.15) is 26.2 Å². The van der Waals surface area contributed by atoms with Crippen LogP contribution in [-0.4, -0.2) is 28.7 Å². The van der Waals surface area contributed by atoms with E-state index in [2.05, 4.69) is 51.8 Å². The van der Waals surface area contributed by atoms with Crippen molar-refractivity contribution in [3.05, 3.63) is 54.2 Å². The number of nitrogens with one attached hydrogen (secondary N) is 1. The van der Waals surface area contributed by atoms with Crippen LogP contribution < -0.4 is 10.5 Å². The fraction of sp³-hybridized carbons (Fsp3) is 0.353. The highest BCUT2D eigenvalue weighted by Gasteiger charge is 2.30. The molecule has 0 aliphatic carbocycles. The van der Waals surface area contributed by atoms with Crippen LogP contribution in [0.2, 0.25) is 0 Å². The van der Waals surface area contributed by atoms with Crippen molar-refractivity contribution in [1.82, 2.24) is 15.4 Å². The maximum absolute atomic E-state index is 4.66. The van der Waals surface area contributed by atoms with E-state index in [1.54, 1.807) is 0 Å². The summed E-state index contributed by atoms with van der Waals surface area (Å²) in [6.45, 7) is 4.30. The molecule has 1 aromatic carbocycles. The smallest absolute Gasteiger partial charge is 0.168 e. The Kier molecular flexibility index (Phi) is 3.35. The van der Waals surface area contributed by atoms with Gasteiger partial charge in [-0.2, -0.15) is 0 Å². The summed E-state index contributed by atoms with van der Waals surface area (Å²) in [6, 6.07) is 10.3. The van der Waals surface area contributed by atoms with Gasteiger partial charge in [-0.1, -0.05) is 18.2 Å². The number of piperidine rings is 1. The number of nitrogens with zero attached hydrogens (tertiary/aromatic N) is 4. The molecule has 3 aliphatic heterocycles. The lowest BCUT2D eigenvalue weighted by atomic mass is 10.1. The Morgan fingerprint density at radius 1 is 1.05 bits per heavy atom. The highest BCUT2D eigenvalue weighted by molar-refractivity contribution is 5.95. The molecule has 3 heterocycles. The van der Waals surface area contributed by atoms with Crippen LogP contribution in [0.25, 0.3) is 0 Å². The first-order valence-electron chi connectivity index (χ1n) is 7.96. The van der Waals surface area contributed by atoms with E-state index in [9.17, 15) is 0 Å². The van der Waals surface area contributed by atoms with Gasteiger partial charge in [0.05, 0.1) is 11.9 Å². The lowest BCUT2D eigenvalue weighted by Crippen LogP contribution is -2.47. The van der Waals surface area contributed by atoms with E-state index in [1.807, 2.05) is 23.2 Å². The summed E-state index contributed by atoms with van der Waals surface area (Å²) in [6.07, 6.45) is 8.09. The van der Waals surface area contributed by atoms with E-state index in [1.165, 1.54) is 25.1 Å². The van der Waals surface area contributed by atoms with Crippen molar-refractivity contribution in [3.8, 4) is 0 Å². The average Bonchev–Trinajstić information content (AvgIpc) is 2.99. The summed E-state index contributed by atoms with van der Waals surface area (Å²) in [7, 11) is 0. The quantitative estimate of drug-likeness (QED) is 0.910. The van der Waals surface area contributed by atoms with Crippen LogP contribution in [0.5, 0.6) is 0 Å². The van der Waals surface area contributed by atoms with Gasteiger partial charge in [0.1, 0.15) is 5.82 Å². The number of hydrogen-bond donors (Lipinski definition) is 1.